The lowest BCUT2D eigenvalue weighted by atomic mass is 10.3. The van der Waals surface area contributed by atoms with E-state index < -0.39 is 5.97 Å². The third-order valence-electron chi connectivity index (χ3n) is 2.87. The van der Waals surface area contributed by atoms with Gasteiger partial charge in [-0.25, -0.2) is 0 Å². The number of hydrogen-bond acceptors (Lipinski definition) is 4. The lowest BCUT2D eigenvalue weighted by Crippen LogP contribution is -2.45. The van der Waals surface area contributed by atoms with Crippen LogP contribution >= 0.6 is 11.8 Å². The highest BCUT2D eigenvalue weighted by Gasteiger charge is 2.14. The normalized spacial score (nSPS) is 20.9. The molecule has 0 aromatic carbocycles. The van der Waals surface area contributed by atoms with Gasteiger partial charge in [0.05, 0.1) is 6.42 Å². The van der Waals surface area contributed by atoms with Crippen LogP contribution in [-0.2, 0) is 4.79 Å². The fraction of sp³-hybridized carbons (Fsp3) is 0.909. The number of carboxylic acid groups (broad SMARTS) is 1. The van der Waals surface area contributed by atoms with Crippen molar-refractivity contribution in [2.45, 2.75) is 18.6 Å². The van der Waals surface area contributed by atoms with E-state index in [9.17, 15) is 4.79 Å². The van der Waals surface area contributed by atoms with Crippen LogP contribution in [0.25, 0.3) is 0 Å². The van der Waals surface area contributed by atoms with E-state index in [4.69, 9.17) is 5.11 Å². The Bertz CT molecular complexity index is 218. The quantitative estimate of drug-likeness (QED) is 0.752. The molecule has 94 valence electrons. The molecule has 1 rings (SSSR count). The molecule has 1 fully saturated rings. The van der Waals surface area contributed by atoms with Crippen LogP contribution in [0.3, 0.4) is 0 Å². The summed E-state index contributed by atoms with van der Waals surface area (Å²) in [6.07, 6.45) is 0.271. The molecule has 4 nitrogen and oxygen atoms in total. The van der Waals surface area contributed by atoms with Gasteiger partial charge in [0.25, 0.3) is 0 Å². The molecule has 0 bridgehead atoms. The number of rotatable bonds is 6. The van der Waals surface area contributed by atoms with Crippen molar-refractivity contribution < 1.29 is 9.90 Å². The second kappa shape index (κ2) is 7.14. The lowest BCUT2D eigenvalue weighted by molar-refractivity contribution is -0.136. The maximum atomic E-state index is 10.5. The first-order chi connectivity index (χ1) is 7.58. The largest absolute Gasteiger partial charge is 0.481 e. The average molecular weight is 246 g/mol. The van der Waals surface area contributed by atoms with E-state index in [1.807, 2.05) is 6.92 Å². The molecule has 0 aromatic heterocycles. The summed E-state index contributed by atoms with van der Waals surface area (Å²) in [5.74, 6) is 0.345. The Morgan fingerprint density at radius 3 is 2.56 bits per heavy atom. The Labute approximate surface area is 102 Å². The van der Waals surface area contributed by atoms with Gasteiger partial charge in [-0.3, -0.25) is 9.69 Å². The van der Waals surface area contributed by atoms with E-state index in [-0.39, 0.29) is 11.7 Å². The first-order valence-electron chi connectivity index (χ1n) is 5.82. The molecule has 1 unspecified atom stereocenters. The highest BCUT2D eigenvalue weighted by atomic mass is 32.2. The molecule has 1 aliphatic heterocycles. The fourth-order valence-corrected chi connectivity index (χ4v) is 2.79. The summed E-state index contributed by atoms with van der Waals surface area (Å²) in [4.78, 5) is 15.3. The van der Waals surface area contributed by atoms with E-state index in [1.165, 1.54) is 0 Å². The van der Waals surface area contributed by atoms with Crippen molar-refractivity contribution in [3.8, 4) is 0 Å². The molecular weight excluding hydrogens is 224 g/mol. The second-order valence-electron chi connectivity index (χ2n) is 4.42. The van der Waals surface area contributed by atoms with Crippen molar-refractivity contribution in [3.63, 3.8) is 0 Å². The maximum Gasteiger partial charge on any atom is 0.304 e. The number of likely N-dealkylation sites (N-methyl/N-ethyl adjacent to an activating group) is 1. The van der Waals surface area contributed by atoms with Crippen LogP contribution in [-0.4, -0.2) is 71.6 Å². The van der Waals surface area contributed by atoms with Gasteiger partial charge in [0.2, 0.25) is 0 Å². The highest BCUT2D eigenvalue weighted by molar-refractivity contribution is 7.99. The number of nitrogens with zero attached hydrogens (tertiary/aromatic N) is 2. The number of carbonyl (C=O) groups is 1. The van der Waals surface area contributed by atoms with Gasteiger partial charge in [-0.1, -0.05) is 6.92 Å². The van der Waals surface area contributed by atoms with Gasteiger partial charge in [-0.05, 0) is 7.05 Å². The summed E-state index contributed by atoms with van der Waals surface area (Å²) in [6, 6.07) is 0. The van der Waals surface area contributed by atoms with Gasteiger partial charge in [0.15, 0.2) is 0 Å². The van der Waals surface area contributed by atoms with Crippen molar-refractivity contribution in [2.75, 3.05) is 45.5 Å². The van der Waals surface area contributed by atoms with Gasteiger partial charge in [0, 0.05) is 43.7 Å². The smallest absolute Gasteiger partial charge is 0.304 e. The van der Waals surface area contributed by atoms with Gasteiger partial charge < -0.3 is 10.0 Å². The van der Waals surface area contributed by atoms with Gasteiger partial charge in [-0.2, -0.15) is 11.8 Å². The number of aliphatic carboxylic acids is 1. The van der Waals surface area contributed by atoms with Crippen molar-refractivity contribution in [3.05, 3.63) is 0 Å². The predicted octanol–water partition coefficient (Wildman–Crippen LogP) is 0.830. The molecule has 0 aromatic rings. The molecule has 5 heteroatoms. The Balaban J connectivity index is 2.04. The summed E-state index contributed by atoms with van der Waals surface area (Å²) < 4.78 is 0. The molecule has 1 saturated heterocycles. The first kappa shape index (κ1) is 13.8. The van der Waals surface area contributed by atoms with Crippen LogP contribution < -0.4 is 0 Å². The van der Waals surface area contributed by atoms with E-state index in [0.717, 1.165) is 38.5 Å². The number of piperazine rings is 1. The third-order valence-corrected chi connectivity index (χ3v) is 4.02. The third kappa shape index (κ3) is 5.72. The Morgan fingerprint density at radius 1 is 1.38 bits per heavy atom. The van der Waals surface area contributed by atoms with Crippen LogP contribution in [0.5, 0.6) is 0 Å². The number of hydrogen-bond donors (Lipinski definition) is 1. The molecule has 0 saturated carbocycles. The van der Waals surface area contributed by atoms with Gasteiger partial charge in [0.1, 0.15) is 0 Å². The van der Waals surface area contributed by atoms with Crippen LogP contribution in [0.1, 0.15) is 13.3 Å². The molecule has 1 heterocycles. The fourth-order valence-electron chi connectivity index (χ4n) is 1.76. The van der Waals surface area contributed by atoms with Crippen molar-refractivity contribution in [2.24, 2.45) is 0 Å². The Morgan fingerprint density at radius 2 is 2.00 bits per heavy atom. The van der Waals surface area contributed by atoms with Crippen LogP contribution in [0, 0.1) is 0 Å². The number of thioether (sulfide) groups is 1. The molecule has 0 amide bonds. The lowest BCUT2D eigenvalue weighted by Gasteiger charge is -2.32. The number of carboxylic acids is 1. The monoisotopic (exact) mass is 246 g/mol. The summed E-state index contributed by atoms with van der Waals surface area (Å²) in [6.45, 7) is 7.66. The molecule has 0 spiro atoms. The van der Waals surface area contributed by atoms with Crippen molar-refractivity contribution in [1.29, 1.82) is 0 Å². The average Bonchev–Trinajstić information content (AvgIpc) is 2.20. The van der Waals surface area contributed by atoms with E-state index in [2.05, 4.69) is 16.8 Å². The molecule has 0 aliphatic carbocycles. The van der Waals surface area contributed by atoms with Crippen molar-refractivity contribution in [1.82, 2.24) is 9.80 Å². The minimum Gasteiger partial charge on any atom is -0.481 e. The minimum absolute atomic E-state index is 0.227. The molecule has 1 atom stereocenters. The van der Waals surface area contributed by atoms with Gasteiger partial charge >= 0.3 is 5.97 Å². The SMILES string of the molecule is CC(CC(=O)O)SCCN1CCN(C)CC1. The van der Waals surface area contributed by atoms with E-state index in [1.54, 1.807) is 11.8 Å². The van der Waals surface area contributed by atoms with Crippen LogP contribution in [0.15, 0.2) is 0 Å². The van der Waals surface area contributed by atoms with E-state index in [0.29, 0.717) is 0 Å². The summed E-state index contributed by atoms with van der Waals surface area (Å²) in [5, 5.41) is 8.86. The van der Waals surface area contributed by atoms with Crippen LogP contribution in [0.2, 0.25) is 0 Å². The zero-order valence-electron chi connectivity index (χ0n) is 10.2. The standard InChI is InChI=1S/C11H22N2O2S/c1-10(9-11(14)15)16-8-7-13-5-3-12(2)4-6-13/h10H,3-9H2,1-2H3,(H,14,15). The summed E-state index contributed by atoms with van der Waals surface area (Å²) >= 11 is 1.76. The topological polar surface area (TPSA) is 43.8 Å². The molecular formula is C11H22N2O2S. The zero-order chi connectivity index (χ0) is 12.0. The maximum absolute atomic E-state index is 10.5. The van der Waals surface area contributed by atoms with Crippen LogP contribution in [0.4, 0.5) is 0 Å². The molecule has 1 N–H and O–H groups in total. The molecule has 16 heavy (non-hydrogen) atoms. The van der Waals surface area contributed by atoms with E-state index >= 15 is 0 Å². The Kier molecular flexibility index (Phi) is 6.16. The highest BCUT2D eigenvalue weighted by Crippen LogP contribution is 2.14. The second-order valence-corrected chi connectivity index (χ2v) is 5.97. The minimum atomic E-state index is -0.695. The summed E-state index contributed by atoms with van der Waals surface area (Å²) in [5.41, 5.74) is 0. The van der Waals surface area contributed by atoms with Crippen molar-refractivity contribution >= 4 is 17.7 Å². The van der Waals surface area contributed by atoms with Gasteiger partial charge in [-0.15, -0.1) is 0 Å². The zero-order valence-corrected chi connectivity index (χ0v) is 11.0. The predicted molar refractivity (Wildman–Crippen MR) is 68.1 cm³/mol. The first-order valence-corrected chi connectivity index (χ1v) is 6.87. The molecule has 1 aliphatic rings. The molecule has 0 radical (unpaired) electrons. The Hall–Kier alpha value is -0.260. The summed E-state index contributed by atoms with van der Waals surface area (Å²) in [7, 11) is 2.15.